The van der Waals surface area contributed by atoms with E-state index in [0.717, 1.165) is 11.6 Å². The molecule has 0 saturated heterocycles. The van der Waals surface area contributed by atoms with Crippen LogP contribution in [0.4, 0.5) is 14.9 Å². The first-order valence-electron chi connectivity index (χ1n) is 5.76. The molecule has 20 heavy (non-hydrogen) atoms. The molecule has 0 radical (unpaired) electrons. The van der Waals surface area contributed by atoms with Gasteiger partial charge >= 0.3 is 6.03 Å². The number of anilines is 1. The van der Waals surface area contributed by atoms with Crippen LogP contribution >= 0.6 is 22.9 Å². The summed E-state index contributed by atoms with van der Waals surface area (Å²) in [6.45, 7) is 0.0681. The molecule has 0 saturated carbocycles. The second-order valence-corrected chi connectivity index (χ2v) is 5.22. The van der Waals surface area contributed by atoms with E-state index in [4.69, 9.17) is 11.6 Å². The Balaban J connectivity index is 1.85. The van der Waals surface area contributed by atoms with E-state index in [-0.39, 0.29) is 17.3 Å². The number of urea groups is 1. The van der Waals surface area contributed by atoms with Gasteiger partial charge in [0.15, 0.2) is 0 Å². The topological polar surface area (TPSA) is 61.4 Å². The van der Waals surface area contributed by atoms with Crippen molar-refractivity contribution in [3.8, 4) is 0 Å². The van der Waals surface area contributed by atoms with Crippen molar-refractivity contribution in [2.45, 2.75) is 6.10 Å². The molecular weight excluding hydrogens is 303 g/mol. The van der Waals surface area contributed by atoms with E-state index < -0.39 is 18.0 Å². The predicted octanol–water partition coefficient (Wildman–Crippen LogP) is 3.40. The molecule has 0 fully saturated rings. The van der Waals surface area contributed by atoms with Crippen LogP contribution in [0.5, 0.6) is 0 Å². The molecule has 106 valence electrons. The number of hydrogen-bond donors (Lipinski definition) is 3. The Labute approximate surface area is 124 Å². The van der Waals surface area contributed by atoms with Crippen molar-refractivity contribution in [2.75, 3.05) is 11.9 Å². The molecule has 0 aliphatic heterocycles. The minimum Gasteiger partial charge on any atom is -0.387 e. The second kappa shape index (κ2) is 6.69. The molecule has 1 aromatic carbocycles. The maximum absolute atomic E-state index is 13.2. The van der Waals surface area contributed by atoms with Gasteiger partial charge in [0.05, 0.1) is 11.1 Å². The summed E-state index contributed by atoms with van der Waals surface area (Å²) in [5, 5.41) is 18.4. The van der Waals surface area contributed by atoms with Gasteiger partial charge in [-0.2, -0.15) is 11.3 Å². The Morgan fingerprint density at radius 2 is 2.25 bits per heavy atom. The van der Waals surface area contributed by atoms with Gasteiger partial charge < -0.3 is 15.7 Å². The summed E-state index contributed by atoms with van der Waals surface area (Å²) in [6.07, 6.45) is -0.769. The molecule has 0 bridgehead atoms. The van der Waals surface area contributed by atoms with Gasteiger partial charge in [-0.1, -0.05) is 11.6 Å². The molecule has 0 aliphatic rings. The molecule has 0 aliphatic carbocycles. The average Bonchev–Trinajstić information content (AvgIpc) is 2.94. The number of benzene rings is 1. The van der Waals surface area contributed by atoms with E-state index in [1.54, 1.807) is 11.4 Å². The summed E-state index contributed by atoms with van der Waals surface area (Å²) in [5.74, 6) is -0.609. The SMILES string of the molecule is O=C(NC[C@@H](O)c1ccsc1)Nc1ccc(Cl)c(F)c1. The maximum atomic E-state index is 13.2. The third-order valence-electron chi connectivity index (χ3n) is 2.56. The first kappa shape index (κ1) is 14.8. The molecule has 4 nitrogen and oxygen atoms in total. The Kier molecular flexibility index (Phi) is 4.94. The second-order valence-electron chi connectivity index (χ2n) is 4.04. The third-order valence-corrected chi connectivity index (χ3v) is 3.57. The van der Waals surface area contributed by atoms with Crippen molar-refractivity contribution in [1.29, 1.82) is 0 Å². The number of carbonyl (C=O) groups is 1. The van der Waals surface area contributed by atoms with Crippen molar-refractivity contribution in [3.63, 3.8) is 0 Å². The van der Waals surface area contributed by atoms with Gasteiger partial charge in [-0.05, 0) is 40.6 Å². The molecule has 2 aromatic rings. The maximum Gasteiger partial charge on any atom is 0.319 e. The molecule has 1 atom stereocenters. The fourth-order valence-electron chi connectivity index (χ4n) is 1.52. The summed E-state index contributed by atoms with van der Waals surface area (Å²) in [4.78, 5) is 11.6. The minimum absolute atomic E-state index is 0.0103. The van der Waals surface area contributed by atoms with Crippen LogP contribution < -0.4 is 10.6 Å². The number of hydrogen-bond acceptors (Lipinski definition) is 3. The van der Waals surface area contributed by atoms with Crippen LogP contribution in [0, 0.1) is 5.82 Å². The van der Waals surface area contributed by atoms with E-state index >= 15 is 0 Å². The number of rotatable bonds is 4. The van der Waals surface area contributed by atoms with E-state index in [0.29, 0.717) is 0 Å². The lowest BCUT2D eigenvalue weighted by molar-refractivity contribution is 0.175. The lowest BCUT2D eigenvalue weighted by Crippen LogP contribution is -2.32. The zero-order chi connectivity index (χ0) is 14.5. The van der Waals surface area contributed by atoms with Crippen LogP contribution in [0.25, 0.3) is 0 Å². The van der Waals surface area contributed by atoms with E-state index in [1.165, 1.54) is 23.5 Å². The van der Waals surface area contributed by atoms with Crippen molar-refractivity contribution >= 4 is 34.7 Å². The molecule has 0 unspecified atom stereocenters. The highest BCUT2D eigenvalue weighted by molar-refractivity contribution is 7.07. The van der Waals surface area contributed by atoms with E-state index in [2.05, 4.69) is 10.6 Å². The van der Waals surface area contributed by atoms with Gasteiger partial charge in [0, 0.05) is 12.2 Å². The summed E-state index contributed by atoms with van der Waals surface area (Å²) < 4.78 is 13.2. The van der Waals surface area contributed by atoms with Crippen LogP contribution in [0.3, 0.4) is 0 Å². The quantitative estimate of drug-likeness (QED) is 0.810. The standard InChI is InChI=1S/C13H12ClFN2O2S/c14-10-2-1-9(5-11(10)15)17-13(19)16-6-12(18)8-3-4-20-7-8/h1-5,7,12,18H,6H2,(H2,16,17,19)/t12-/m1/s1. The highest BCUT2D eigenvalue weighted by Crippen LogP contribution is 2.19. The van der Waals surface area contributed by atoms with Crippen molar-refractivity contribution < 1.29 is 14.3 Å². The molecule has 1 heterocycles. The zero-order valence-corrected chi connectivity index (χ0v) is 11.8. The minimum atomic E-state index is -0.769. The molecule has 2 rings (SSSR count). The first-order chi connectivity index (χ1) is 9.56. The highest BCUT2D eigenvalue weighted by atomic mass is 35.5. The molecule has 2 amide bonds. The number of thiophene rings is 1. The summed E-state index contributed by atoms with van der Waals surface area (Å²) in [5.41, 5.74) is 1.03. The summed E-state index contributed by atoms with van der Waals surface area (Å²) in [7, 11) is 0. The zero-order valence-electron chi connectivity index (χ0n) is 10.3. The molecule has 7 heteroatoms. The van der Waals surface area contributed by atoms with Crippen LogP contribution in [-0.2, 0) is 0 Å². The third kappa shape index (κ3) is 3.93. The molecule has 1 aromatic heterocycles. The fourth-order valence-corrected chi connectivity index (χ4v) is 2.35. The van der Waals surface area contributed by atoms with Crippen molar-refractivity contribution in [1.82, 2.24) is 5.32 Å². The van der Waals surface area contributed by atoms with Crippen molar-refractivity contribution in [2.24, 2.45) is 0 Å². The highest BCUT2D eigenvalue weighted by Gasteiger charge is 2.10. The van der Waals surface area contributed by atoms with Crippen molar-refractivity contribution in [3.05, 3.63) is 51.4 Å². The van der Waals surface area contributed by atoms with Crippen LogP contribution in [0.1, 0.15) is 11.7 Å². The Hall–Kier alpha value is -1.63. The monoisotopic (exact) mass is 314 g/mol. The normalized spacial score (nSPS) is 11.9. The molecule has 0 spiro atoms. The van der Waals surface area contributed by atoms with Gasteiger partial charge in [0.1, 0.15) is 5.82 Å². The Bertz CT molecular complexity index is 592. The lowest BCUT2D eigenvalue weighted by atomic mass is 10.2. The number of aliphatic hydroxyl groups excluding tert-OH is 1. The molecular formula is C13H12ClFN2O2S. The summed E-state index contributed by atoms with van der Waals surface area (Å²) >= 11 is 7.01. The number of nitrogens with one attached hydrogen (secondary N) is 2. The van der Waals surface area contributed by atoms with E-state index in [1.807, 2.05) is 5.38 Å². The molecule has 3 N–H and O–H groups in total. The largest absolute Gasteiger partial charge is 0.387 e. The number of aliphatic hydroxyl groups is 1. The van der Waals surface area contributed by atoms with Gasteiger partial charge in [-0.3, -0.25) is 0 Å². The first-order valence-corrected chi connectivity index (χ1v) is 7.08. The smallest absolute Gasteiger partial charge is 0.319 e. The summed E-state index contributed by atoms with van der Waals surface area (Å²) in [6, 6.07) is 5.22. The lowest BCUT2D eigenvalue weighted by Gasteiger charge is -2.11. The average molecular weight is 315 g/mol. The van der Waals surface area contributed by atoms with Crippen LogP contribution in [0.2, 0.25) is 5.02 Å². The van der Waals surface area contributed by atoms with Crippen LogP contribution in [0.15, 0.2) is 35.0 Å². The van der Waals surface area contributed by atoms with Gasteiger partial charge in [0.2, 0.25) is 0 Å². The van der Waals surface area contributed by atoms with Gasteiger partial charge in [-0.25, -0.2) is 9.18 Å². The predicted molar refractivity (Wildman–Crippen MR) is 77.7 cm³/mol. The number of amides is 2. The van der Waals surface area contributed by atoms with Gasteiger partial charge in [-0.15, -0.1) is 0 Å². The Morgan fingerprint density at radius 1 is 1.45 bits per heavy atom. The van der Waals surface area contributed by atoms with E-state index in [9.17, 15) is 14.3 Å². The van der Waals surface area contributed by atoms with Crippen LogP contribution in [-0.4, -0.2) is 17.7 Å². The fraction of sp³-hybridized carbons (Fsp3) is 0.154. The number of halogens is 2. The number of carbonyl (C=O) groups excluding carboxylic acids is 1. The Morgan fingerprint density at radius 3 is 2.90 bits per heavy atom. The van der Waals surface area contributed by atoms with Gasteiger partial charge in [0.25, 0.3) is 0 Å².